The zero-order valence-corrected chi connectivity index (χ0v) is 20.3. The second-order valence-corrected chi connectivity index (χ2v) is 7.41. The van der Waals surface area contributed by atoms with Gasteiger partial charge >= 0.3 is 11.9 Å². The van der Waals surface area contributed by atoms with E-state index in [0.29, 0.717) is 19.4 Å². The lowest BCUT2D eigenvalue weighted by Crippen LogP contribution is -2.43. The molecule has 10 heteroatoms. The summed E-state index contributed by atoms with van der Waals surface area (Å²) in [5.74, 6) is -1.52. The van der Waals surface area contributed by atoms with Crippen LogP contribution in [0, 0.1) is 0 Å². The molecule has 1 aromatic heterocycles. The predicted octanol–water partition coefficient (Wildman–Crippen LogP) is 3.03. The SMILES string of the molecule is CCCO[C@@H](CC)C[C@H](C)OC(=O)[C@H](CC)NC(=O)c1nccc(OC)c1OCOC(C)=O. The molecule has 0 bridgehead atoms. The summed E-state index contributed by atoms with van der Waals surface area (Å²) in [6.07, 6.45) is 3.61. The number of nitrogens with one attached hydrogen (secondary N) is 1. The second kappa shape index (κ2) is 15.0. The van der Waals surface area contributed by atoms with Crippen molar-refractivity contribution in [3.8, 4) is 11.5 Å². The average molecular weight is 469 g/mol. The number of hydrogen-bond donors (Lipinski definition) is 1. The smallest absolute Gasteiger partial charge is 0.328 e. The number of carbonyl (C=O) groups is 3. The number of rotatable bonds is 15. The summed E-state index contributed by atoms with van der Waals surface area (Å²) in [5.41, 5.74) is -0.111. The van der Waals surface area contributed by atoms with Crippen LogP contribution in [0.25, 0.3) is 0 Å². The molecule has 1 aromatic rings. The van der Waals surface area contributed by atoms with Crippen molar-refractivity contribution in [2.75, 3.05) is 20.5 Å². The van der Waals surface area contributed by atoms with Gasteiger partial charge in [-0.05, 0) is 26.2 Å². The van der Waals surface area contributed by atoms with Gasteiger partial charge in [-0.1, -0.05) is 20.8 Å². The standard InChI is InChI=1S/C23H36N2O8/c1-7-12-30-17(8-2)13-15(4)33-23(28)18(9-3)25-22(27)20-21(32-14-31-16(5)26)19(29-6)10-11-24-20/h10-11,15,17-18H,7-9,12-14H2,1-6H3,(H,25,27)/t15-,17-,18-/m0/s1. The molecule has 0 spiro atoms. The molecule has 33 heavy (non-hydrogen) atoms. The summed E-state index contributed by atoms with van der Waals surface area (Å²) >= 11 is 0. The third-order valence-electron chi connectivity index (χ3n) is 4.69. The number of esters is 2. The highest BCUT2D eigenvalue weighted by atomic mass is 16.7. The van der Waals surface area contributed by atoms with Gasteiger partial charge in [0.2, 0.25) is 6.79 Å². The fourth-order valence-corrected chi connectivity index (χ4v) is 2.95. The molecule has 1 N–H and O–H groups in total. The molecule has 1 amide bonds. The van der Waals surface area contributed by atoms with Gasteiger partial charge in [-0.15, -0.1) is 0 Å². The molecular formula is C23H36N2O8. The summed E-state index contributed by atoms with van der Waals surface area (Å²) < 4.78 is 26.7. The molecule has 1 rings (SSSR count). The summed E-state index contributed by atoms with van der Waals surface area (Å²) in [4.78, 5) is 40.6. The van der Waals surface area contributed by atoms with Crippen LogP contribution in [0.15, 0.2) is 12.3 Å². The van der Waals surface area contributed by atoms with Gasteiger partial charge in [-0.3, -0.25) is 9.59 Å². The highest BCUT2D eigenvalue weighted by Crippen LogP contribution is 2.29. The van der Waals surface area contributed by atoms with E-state index in [1.54, 1.807) is 13.8 Å². The molecule has 186 valence electrons. The Kier molecular flexibility index (Phi) is 12.8. The van der Waals surface area contributed by atoms with Crippen molar-refractivity contribution in [3.05, 3.63) is 18.0 Å². The van der Waals surface area contributed by atoms with Crippen molar-refractivity contribution in [1.29, 1.82) is 0 Å². The van der Waals surface area contributed by atoms with Crippen LogP contribution in [0.5, 0.6) is 11.5 Å². The third-order valence-corrected chi connectivity index (χ3v) is 4.69. The molecular weight excluding hydrogens is 432 g/mol. The maximum Gasteiger partial charge on any atom is 0.328 e. The molecule has 3 atom stereocenters. The van der Waals surface area contributed by atoms with Crippen molar-refractivity contribution in [2.45, 2.75) is 78.6 Å². The molecule has 0 aliphatic rings. The van der Waals surface area contributed by atoms with Gasteiger partial charge in [0.15, 0.2) is 17.2 Å². The number of carbonyl (C=O) groups excluding carboxylic acids is 3. The lowest BCUT2D eigenvalue weighted by Gasteiger charge is -2.23. The normalized spacial score (nSPS) is 13.4. The Hall–Kier alpha value is -2.88. The molecule has 0 saturated heterocycles. The van der Waals surface area contributed by atoms with E-state index in [2.05, 4.69) is 10.3 Å². The molecule has 0 saturated carbocycles. The number of hydrogen-bond acceptors (Lipinski definition) is 9. The first-order chi connectivity index (χ1) is 15.8. The Morgan fingerprint density at radius 3 is 2.45 bits per heavy atom. The Balaban J connectivity index is 2.84. The molecule has 0 unspecified atom stereocenters. The van der Waals surface area contributed by atoms with E-state index >= 15 is 0 Å². The van der Waals surface area contributed by atoms with Gasteiger partial charge in [0.05, 0.1) is 13.2 Å². The zero-order valence-electron chi connectivity index (χ0n) is 20.3. The minimum absolute atomic E-state index is 0.000305. The van der Waals surface area contributed by atoms with Gasteiger partial charge < -0.3 is 29.0 Å². The summed E-state index contributed by atoms with van der Waals surface area (Å²) in [6, 6.07) is 0.614. The first-order valence-corrected chi connectivity index (χ1v) is 11.2. The van der Waals surface area contributed by atoms with E-state index < -0.39 is 30.7 Å². The minimum atomic E-state index is -0.883. The largest absolute Gasteiger partial charge is 0.493 e. The van der Waals surface area contributed by atoms with Gasteiger partial charge in [0.1, 0.15) is 12.1 Å². The quantitative estimate of drug-likeness (QED) is 0.306. The van der Waals surface area contributed by atoms with E-state index in [4.69, 9.17) is 23.7 Å². The molecule has 10 nitrogen and oxygen atoms in total. The lowest BCUT2D eigenvalue weighted by molar-refractivity contribution is -0.152. The fourth-order valence-electron chi connectivity index (χ4n) is 2.95. The number of nitrogens with zero attached hydrogens (tertiary/aromatic N) is 1. The van der Waals surface area contributed by atoms with Gasteiger partial charge in [-0.2, -0.15) is 0 Å². The first kappa shape index (κ1) is 28.2. The van der Waals surface area contributed by atoms with E-state index in [9.17, 15) is 14.4 Å². The molecule has 0 fully saturated rings. The zero-order chi connectivity index (χ0) is 24.8. The summed E-state index contributed by atoms with van der Waals surface area (Å²) in [6.45, 7) is 9.08. The minimum Gasteiger partial charge on any atom is -0.493 e. The lowest BCUT2D eigenvalue weighted by atomic mass is 10.1. The third kappa shape index (κ3) is 9.65. The van der Waals surface area contributed by atoms with E-state index in [0.717, 1.165) is 12.8 Å². The van der Waals surface area contributed by atoms with Crippen LogP contribution in [-0.4, -0.2) is 61.6 Å². The van der Waals surface area contributed by atoms with Crippen LogP contribution in [0.3, 0.4) is 0 Å². The molecule has 0 aliphatic heterocycles. The summed E-state index contributed by atoms with van der Waals surface area (Å²) in [7, 11) is 1.40. The molecule has 1 heterocycles. The maximum atomic E-state index is 12.9. The van der Waals surface area contributed by atoms with Gasteiger partial charge in [0, 0.05) is 32.2 Å². The second-order valence-electron chi connectivity index (χ2n) is 7.41. The number of aromatic nitrogens is 1. The Morgan fingerprint density at radius 2 is 1.88 bits per heavy atom. The number of amides is 1. The monoisotopic (exact) mass is 468 g/mol. The maximum absolute atomic E-state index is 12.9. The van der Waals surface area contributed by atoms with Crippen LogP contribution < -0.4 is 14.8 Å². The molecule has 0 aliphatic carbocycles. The topological polar surface area (TPSA) is 122 Å². The fraction of sp³-hybridized carbons (Fsp3) is 0.652. The molecule has 0 aromatic carbocycles. The summed E-state index contributed by atoms with van der Waals surface area (Å²) in [5, 5.41) is 2.63. The van der Waals surface area contributed by atoms with Crippen LogP contribution in [0.4, 0.5) is 0 Å². The Labute approximate surface area is 195 Å². The number of pyridine rings is 1. The average Bonchev–Trinajstić information content (AvgIpc) is 2.79. The first-order valence-electron chi connectivity index (χ1n) is 11.2. The highest BCUT2D eigenvalue weighted by molar-refractivity contribution is 5.98. The van der Waals surface area contributed by atoms with E-state index in [1.165, 1.54) is 26.3 Å². The van der Waals surface area contributed by atoms with Gasteiger partial charge in [-0.25, -0.2) is 9.78 Å². The van der Waals surface area contributed by atoms with Crippen molar-refractivity contribution >= 4 is 17.8 Å². The van der Waals surface area contributed by atoms with Crippen molar-refractivity contribution < 1.29 is 38.1 Å². The van der Waals surface area contributed by atoms with Crippen molar-refractivity contribution in [1.82, 2.24) is 10.3 Å². The van der Waals surface area contributed by atoms with Crippen LogP contribution in [0.2, 0.25) is 0 Å². The van der Waals surface area contributed by atoms with Crippen LogP contribution in [0.1, 0.15) is 70.8 Å². The Bertz CT molecular complexity index is 771. The highest BCUT2D eigenvalue weighted by Gasteiger charge is 2.27. The van der Waals surface area contributed by atoms with Gasteiger partial charge in [0.25, 0.3) is 5.91 Å². The van der Waals surface area contributed by atoms with Crippen molar-refractivity contribution in [3.63, 3.8) is 0 Å². The molecule has 0 radical (unpaired) electrons. The van der Waals surface area contributed by atoms with Crippen LogP contribution >= 0.6 is 0 Å². The number of methoxy groups -OCH3 is 1. The van der Waals surface area contributed by atoms with Crippen molar-refractivity contribution in [2.24, 2.45) is 0 Å². The van der Waals surface area contributed by atoms with Crippen LogP contribution in [-0.2, 0) is 23.8 Å². The Morgan fingerprint density at radius 1 is 1.15 bits per heavy atom. The number of ether oxygens (including phenoxy) is 5. The van der Waals surface area contributed by atoms with E-state index in [1.807, 2.05) is 13.8 Å². The predicted molar refractivity (Wildman–Crippen MR) is 120 cm³/mol. The van der Waals surface area contributed by atoms with E-state index in [-0.39, 0.29) is 29.4 Å².